The summed E-state index contributed by atoms with van der Waals surface area (Å²) in [5.41, 5.74) is 8.53. The lowest BCUT2D eigenvalue weighted by Crippen LogP contribution is -2.00. The lowest BCUT2D eigenvalue weighted by Gasteiger charge is -2.07. The third kappa shape index (κ3) is 2.33. The zero-order valence-electron chi connectivity index (χ0n) is 8.71. The van der Waals surface area contributed by atoms with Gasteiger partial charge in [-0.25, -0.2) is 4.98 Å². The number of nitrogens with two attached hydrogens (primary N) is 1. The largest absolute Gasteiger partial charge is 0.481 e. The van der Waals surface area contributed by atoms with Gasteiger partial charge in [-0.05, 0) is 37.1 Å². The number of ether oxygens (including phenoxy) is 1. The minimum Gasteiger partial charge on any atom is -0.481 e. The number of hydrogen-bond acceptors (Lipinski definition) is 3. The highest BCUT2D eigenvalue weighted by Gasteiger charge is 2.03. The number of pyridine rings is 1. The molecule has 76 valence electrons. The van der Waals surface area contributed by atoms with Crippen LogP contribution >= 0.6 is 0 Å². The molecule has 0 bridgehead atoms. The Morgan fingerprint density at radius 3 is 2.86 bits per heavy atom. The van der Waals surface area contributed by atoms with E-state index in [1.165, 1.54) is 0 Å². The normalized spacial score (nSPS) is 9.93. The van der Waals surface area contributed by atoms with Gasteiger partial charge < -0.3 is 10.5 Å². The molecule has 0 aliphatic rings. The summed E-state index contributed by atoms with van der Waals surface area (Å²) in [5, 5.41) is 0. The molecule has 3 heteroatoms. The fourth-order valence-corrected chi connectivity index (χ4v) is 1.29. The molecule has 0 fully saturated rings. The standard InChI is InChI=1S/C11H16N2O/c1-8(4-5-12)10-6-9(2)11(14-3)13-7-10/h6-7H,1,4-5,12H2,2-3H3. The Balaban J connectivity index is 2.91. The fraction of sp³-hybridized carbons (Fsp3) is 0.364. The van der Waals surface area contributed by atoms with Crippen LogP contribution in [0.25, 0.3) is 5.57 Å². The highest BCUT2D eigenvalue weighted by Crippen LogP contribution is 2.20. The fourth-order valence-electron chi connectivity index (χ4n) is 1.29. The molecule has 0 spiro atoms. The Bertz CT molecular complexity index is 334. The summed E-state index contributed by atoms with van der Waals surface area (Å²) >= 11 is 0. The maximum Gasteiger partial charge on any atom is 0.215 e. The first-order valence-corrected chi connectivity index (χ1v) is 4.58. The molecule has 1 aromatic heterocycles. The van der Waals surface area contributed by atoms with E-state index in [4.69, 9.17) is 10.5 Å². The van der Waals surface area contributed by atoms with Gasteiger partial charge in [0.2, 0.25) is 5.88 Å². The van der Waals surface area contributed by atoms with Crippen molar-refractivity contribution >= 4 is 5.57 Å². The van der Waals surface area contributed by atoms with Gasteiger partial charge in [-0.15, -0.1) is 0 Å². The smallest absolute Gasteiger partial charge is 0.215 e. The third-order valence-electron chi connectivity index (χ3n) is 2.08. The molecule has 0 saturated carbocycles. The summed E-state index contributed by atoms with van der Waals surface area (Å²) in [5.74, 6) is 0.661. The molecule has 0 aromatic carbocycles. The first-order chi connectivity index (χ1) is 6.69. The second-order valence-electron chi connectivity index (χ2n) is 3.19. The second kappa shape index (κ2) is 4.77. The van der Waals surface area contributed by atoms with E-state index in [1.807, 2.05) is 13.0 Å². The van der Waals surface area contributed by atoms with E-state index >= 15 is 0 Å². The second-order valence-corrected chi connectivity index (χ2v) is 3.19. The van der Waals surface area contributed by atoms with E-state index in [9.17, 15) is 0 Å². The van der Waals surface area contributed by atoms with Gasteiger partial charge in [0.1, 0.15) is 0 Å². The minimum absolute atomic E-state index is 0.615. The molecule has 0 radical (unpaired) electrons. The number of nitrogens with zero attached hydrogens (tertiary/aromatic N) is 1. The van der Waals surface area contributed by atoms with Gasteiger partial charge in [-0.3, -0.25) is 0 Å². The minimum atomic E-state index is 0.615. The van der Waals surface area contributed by atoms with Gasteiger partial charge in [0, 0.05) is 11.8 Å². The summed E-state index contributed by atoms with van der Waals surface area (Å²) in [6, 6.07) is 2.02. The van der Waals surface area contributed by atoms with Crippen LogP contribution in [-0.2, 0) is 0 Å². The van der Waals surface area contributed by atoms with Crippen LogP contribution < -0.4 is 10.5 Å². The van der Waals surface area contributed by atoms with Crippen molar-refractivity contribution in [3.63, 3.8) is 0 Å². The zero-order chi connectivity index (χ0) is 10.6. The Kier molecular flexibility index (Phi) is 3.65. The number of rotatable bonds is 4. The lowest BCUT2D eigenvalue weighted by molar-refractivity contribution is 0.394. The van der Waals surface area contributed by atoms with Crippen molar-refractivity contribution in [3.8, 4) is 5.88 Å². The van der Waals surface area contributed by atoms with Gasteiger partial charge in [-0.2, -0.15) is 0 Å². The zero-order valence-corrected chi connectivity index (χ0v) is 8.71. The van der Waals surface area contributed by atoms with Crippen LogP contribution in [-0.4, -0.2) is 18.6 Å². The average Bonchev–Trinajstić information content (AvgIpc) is 2.18. The predicted molar refractivity (Wildman–Crippen MR) is 58.2 cm³/mol. The molecule has 3 nitrogen and oxygen atoms in total. The topological polar surface area (TPSA) is 48.1 Å². The van der Waals surface area contributed by atoms with Crippen molar-refractivity contribution in [1.82, 2.24) is 4.98 Å². The molecule has 0 unspecified atom stereocenters. The highest BCUT2D eigenvalue weighted by atomic mass is 16.5. The average molecular weight is 192 g/mol. The van der Waals surface area contributed by atoms with Gasteiger partial charge >= 0.3 is 0 Å². The number of methoxy groups -OCH3 is 1. The van der Waals surface area contributed by atoms with E-state index in [-0.39, 0.29) is 0 Å². The predicted octanol–water partition coefficient (Wildman–Crippen LogP) is 1.76. The van der Waals surface area contributed by atoms with E-state index in [0.717, 1.165) is 23.1 Å². The van der Waals surface area contributed by atoms with Crippen LogP contribution in [0.4, 0.5) is 0 Å². The molecule has 1 aromatic rings. The molecule has 0 atom stereocenters. The summed E-state index contributed by atoms with van der Waals surface area (Å²) in [6.07, 6.45) is 2.57. The highest BCUT2D eigenvalue weighted by molar-refractivity contribution is 5.63. The third-order valence-corrected chi connectivity index (χ3v) is 2.08. The molecule has 1 rings (SSSR count). The summed E-state index contributed by atoms with van der Waals surface area (Å²) in [6.45, 7) is 6.53. The number of aryl methyl sites for hydroxylation is 1. The van der Waals surface area contributed by atoms with E-state index in [0.29, 0.717) is 12.4 Å². The molecule has 0 aliphatic carbocycles. The Labute approximate surface area is 84.6 Å². The first-order valence-electron chi connectivity index (χ1n) is 4.58. The van der Waals surface area contributed by atoms with Crippen molar-refractivity contribution in [3.05, 3.63) is 30.0 Å². The molecule has 0 amide bonds. The van der Waals surface area contributed by atoms with E-state index in [1.54, 1.807) is 13.3 Å². The van der Waals surface area contributed by atoms with Crippen molar-refractivity contribution in [2.75, 3.05) is 13.7 Å². The van der Waals surface area contributed by atoms with Crippen LogP contribution in [0, 0.1) is 6.92 Å². The first kappa shape index (κ1) is 10.7. The van der Waals surface area contributed by atoms with Gasteiger partial charge in [-0.1, -0.05) is 6.58 Å². The lowest BCUT2D eigenvalue weighted by atomic mass is 10.1. The van der Waals surface area contributed by atoms with Gasteiger partial charge in [0.05, 0.1) is 7.11 Å². The maximum absolute atomic E-state index is 5.45. The van der Waals surface area contributed by atoms with Crippen LogP contribution in [0.1, 0.15) is 17.5 Å². The quantitative estimate of drug-likeness (QED) is 0.790. The molecule has 0 saturated heterocycles. The van der Waals surface area contributed by atoms with Gasteiger partial charge in [0.25, 0.3) is 0 Å². The van der Waals surface area contributed by atoms with Crippen molar-refractivity contribution < 1.29 is 4.74 Å². The monoisotopic (exact) mass is 192 g/mol. The molecule has 2 N–H and O–H groups in total. The van der Waals surface area contributed by atoms with Crippen molar-refractivity contribution in [2.45, 2.75) is 13.3 Å². The molecular formula is C11H16N2O. The summed E-state index contributed by atoms with van der Waals surface area (Å²) in [4.78, 5) is 4.18. The maximum atomic E-state index is 5.45. The molecule has 0 aliphatic heterocycles. The Morgan fingerprint density at radius 1 is 1.64 bits per heavy atom. The SMILES string of the molecule is C=C(CCN)c1cnc(OC)c(C)c1. The summed E-state index contributed by atoms with van der Waals surface area (Å²) in [7, 11) is 1.61. The molecule has 14 heavy (non-hydrogen) atoms. The Morgan fingerprint density at radius 2 is 2.36 bits per heavy atom. The molecular weight excluding hydrogens is 176 g/mol. The van der Waals surface area contributed by atoms with Gasteiger partial charge in [0.15, 0.2) is 0 Å². The number of hydrogen-bond donors (Lipinski definition) is 1. The van der Waals surface area contributed by atoms with Crippen LogP contribution in [0.3, 0.4) is 0 Å². The van der Waals surface area contributed by atoms with Crippen molar-refractivity contribution in [2.24, 2.45) is 5.73 Å². The molecule has 1 heterocycles. The Hall–Kier alpha value is -1.35. The van der Waals surface area contributed by atoms with Crippen LogP contribution in [0.5, 0.6) is 5.88 Å². The van der Waals surface area contributed by atoms with Crippen LogP contribution in [0.2, 0.25) is 0 Å². The van der Waals surface area contributed by atoms with E-state index < -0.39 is 0 Å². The van der Waals surface area contributed by atoms with Crippen molar-refractivity contribution in [1.29, 1.82) is 0 Å². The van der Waals surface area contributed by atoms with E-state index in [2.05, 4.69) is 11.6 Å². The number of aromatic nitrogens is 1. The summed E-state index contributed by atoms with van der Waals surface area (Å²) < 4.78 is 5.07. The van der Waals surface area contributed by atoms with Crippen LogP contribution in [0.15, 0.2) is 18.8 Å².